The van der Waals surface area contributed by atoms with Crippen molar-refractivity contribution in [3.8, 4) is 0 Å². The first kappa shape index (κ1) is 22.0. The molecule has 3 aromatic rings. The number of sulfonamides is 1. The average Bonchev–Trinajstić information content (AvgIpc) is 3.09. The summed E-state index contributed by atoms with van der Waals surface area (Å²) in [4.78, 5) is 14.7. The molecule has 1 aliphatic rings. The highest BCUT2D eigenvalue weighted by Gasteiger charge is 2.21. The van der Waals surface area contributed by atoms with Gasteiger partial charge in [0.15, 0.2) is 0 Å². The molecule has 2 aromatic carbocycles. The molecule has 31 heavy (non-hydrogen) atoms. The highest BCUT2D eigenvalue weighted by Crippen LogP contribution is 2.26. The lowest BCUT2D eigenvalue weighted by Crippen LogP contribution is -2.29. The standard InChI is InChI=1S/C23H29N3O3S2/c1-16(2)26-21-12-11-20(15-22(21)30-23(26)27)31(28,29)24-17(3)18-7-9-19(10-8-18)25-13-5-4-6-14-25/h7-12,15-17,24H,4-6,13-14H2,1-3H3/t17-/m0/s1. The number of rotatable bonds is 6. The van der Waals surface area contributed by atoms with Gasteiger partial charge < -0.3 is 4.90 Å². The molecule has 1 aromatic heterocycles. The second-order valence-corrected chi connectivity index (χ2v) is 11.2. The minimum Gasteiger partial charge on any atom is -0.372 e. The number of aromatic nitrogens is 1. The Morgan fingerprint density at radius 1 is 0.968 bits per heavy atom. The van der Waals surface area contributed by atoms with Crippen molar-refractivity contribution in [3.05, 3.63) is 57.7 Å². The van der Waals surface area contributed by atoms with Crippen molar-refractivity contribution in [2.24, 2.45) is 0 Å². The molecule has 1 saturated heterocycles. The van der Waals surface area contributed by atoms with Gasteiger partial charge in [0.1, 0.15) is 0 Å². The van der Waals surface area contributed by atoms with Gasteiger partial charge in [-0.1, -0.05) is 23.5 Å². The van der Waals surface area contributed by atoms with E-state index in [1.54, 1.807) is 22.8 Å². The number of nitrogens with zero attached hydrogens (tertiary/aromatic N) is 2. The summed E-state index contributed by atoms with van der Waals surface area (Å²) in [5.74, 6) is 0. The summed E-state index contributed by atoms with van der Waals surface area (Å²) in [5.41, 5.74) is 2.87. The van der Waals surface area contributed by atoms with E-state index >= 15 is 0 Å². The Morgan fingerprint density at radius 3 is 2.29 bits per heavy atom. The summed E-state index contributed by atoms with van der Waals surface area (Å²) in [6.45, 7) is 7.89. The van der Waals surface area contributed by atoms with E-state index < -0.39 is 10.0 Å². The van der Waals surface area contributed by atoms with Crippen LogP contribution >= 0.6 is 11.3 Å². The molecule has 0 radical (unpaired) electrons. The Kier molecular flexibility index (Phi) is 6.23. The Morgan fingerprint density at radius 2 is 1.65 bits per heavy atom. The molecule has 0 amide bonds. The number of fused-ring (bicyclic) bond motifs is 1. The molecule has 0 aliphatic carbocycles. The molecule has 0 unspecified atom stereocenters. The monoisotopic (exact) mass is 459 g/mol. The quantitative estimate of drug-likeness (QED) is 0.581. The van der Waals surface area contributed by atoms with E-state index in [1.165, 1.54) is 24.9 Å². The minimum absolute atomic E-state index is 0.0229. The Hall–Kier alpha value is -2.16. The van der Waals surface area contributed by atoms with Gasteiger partial charge in [0, 0.05) is 30.9 Å². The molecular weight excluding hydrogens is 430 g/mol. The first-order chi connectivity index (χ1) is 14.8. The fourth-order valence-electron chi connectivity index (χ4n) is 4.17. The maximum Gasteiger partial charge on any atom is 0.308 e. The zero-order valence-corrected chi connectivity index (χ0v) is 19.8. The van der Waals surface area contributed by atoms with Crippen molar-refractivity contribution in [2.75, 3.05) is 18.0 Å². The number of hydrogen-bond donors (Lipinski definition) is 1. The van der Waals surface area contributed by atoms with Gasteiger partial charge in [0.2, 0.25) is 10.0 Å². The van der Waals surface area contributed by atoms with Gasteiger partial charge in [0.05, 0.1) is 15.1 Å². The van der Waals surface area contributed by atoms with Crippen LogP contribution in [0.2, 0.25) is 0 Å². The van der Waals surface area contributed by atoms with Crippen LogP contribution in [0.4, 0.5) is 5.69 Å². The summed E-state index contributed by atoms with van der Waals surface area (Å²) in [7, 11) is -3.72. The highest BCUT2D eigenvalue weighted by atomic mass is 32.2. The molecule has 4 rings (SSSR count). The van der Waals surface area contributed by atoms with Crippen LogP contribution in [-0.2, 0) is 10.0 Å². The number of anilines is 1. The van der Waals surface area contributed by atoms with Crippen molar-refractivity contribution in [3.63, 3.8) is 0 Å². The topological polar surface area (TPSA) is 71.4 Å². The molecule has 1 atom stereocenters. The summed E-state index contributed by atoms with van der Waals surface area (Å²) in [6, 6.07) is 12.7. The van der Waals surface area contributed by atoms with Crippen LogP contribution in [0.1, 0.15) is 57.7 Å². The van der Waals surface area contributed by atoms with Gasteiger partial charge in [0.25, 0.3) is 0 Å². The van der Waals surface area contributed by atoms with E-state index in [0.29, 0.717) is 4.70 Å². The normalized spacial score (nSPS) is 16.2. The number of thiazole rings is 1. The third-order valence-electron chi connectivity index (χ3n) is 5.86. The average molecular weight is 460 g/mol. The van der Waals surface area contributed by atoms with Gasteiger partial charge in [-0.25, -0.2) is 13.1 Å². The van der Waals surface area contributed by atoms with E-state index in [1.807, 2.05) is 32.9 Å². The van der Waals surface area contributed by atoms with Crippen molar-refractivity contribution in [2.45, 2.75) is 57.0 Å². The first-order valence-corrected chi connectivity index (χ1v) is 13.1. The molecule has 1 aliphatic heterocycles. The minimum atomic E-state index is -3.72. The summed E-state index contributed by atoms with van der Waals surface area (Å²) in [5, 5.41) is 0. The molecule has 2 heterocycles. The molecule has 1 fully saturated rings. The zero-order valence-electron chi connectivity index (χ0n) is 18.2. The number of piperidine rings is 1. The summed E-state index contributed by atoms with van der Waals surface area (Å²) in [6.07, 6.45) is 3.73. The molecule has 6 nitrogen and oxygen atoms in total. The summed E-state index contributed by atoms with van der Waals surface area (Å²) >= 11 is 1.08. The predicted molar refractivity (Wildman–Crippen MR) is 128 cm³/mol. The maximum atomic E-state index is 13.0. The van der Waals surface area contributed by atoms with Crippen LogP contribution in [0.15, 0.2) is 52.2 Å². The predicted octanol–water partition coefficient (Wildman–Crippen LogP) is 4.67. The third kappa shape index (κ3) is 4.56. The summed E-state index contributed by atoms with van der Waals surface area (Å²) < 4.78 is 31.1. The van der Waals surface area contributed by atoms with Crippen LogP contribution in [0.3, 0.4) is 0 Å². The van der Waals surface area contributed by atoms with Crippen molar-refractivity contribution in [1.82, 2.24) is 9.29 Å². The molecular formula is C23H29N3O3S2. The van der Waals surface area contributed by atoms with Gasteiger partial charge in [-0.15, -0.1) is 0 Å². The Labute approximate surface area is 187 Å². The van der Waals surface area contributed by atoms with Crippen LogP contribution in [0, 0.1) is 0 Å². The molecule has 0 bridgehead atoms. The van der Waals surface area contributed by atoms with Crippen LogP contribution < -0.4 is 14.5 Å². The van der Waals surface area contributed by atoms with E-state index in [2.05, 4.69) is 21.8 Å². The smallest absolute Gasteiger partial charge is 0.308 e. The zero-order chi connectivity index (χ0) is 22.2. The van der Waals surface area contributed by atoms with Crippen molar-refractivity contribution < 1.29 is 8.42 Å². The lowest BCUT2D eigenvalue weighted by atomic mass is 10.1. The van der Waals surface area contributed by atoms with Gasteiger partial charge in [-0.3, -0.25) is 9.36 Å². The van der Waals surface area contributed by atoms with Crippen LogP contribution in [-0.4, -0.2) is 26.1 Å². The maximum absolute atomic E-state index is 13.0. The number of benzene rings is 2. The molecule has 8 heteroatoms. The SMILES string of the molecule is CC(C)n1c(=O)sc2cc(S(=O)(=O)N[C@@H](C)c3ccc(N4CCCCC4)cc3)ccc21. The second-order valence-electron chi connectivity index (χ2n) is 8.44. The Bertz CT molecular complexity index is 1220. The van der Waals surface area contributed by atoms with Crippen LogP contribution in [0.25, 0.3) is 10.2 Å². The number of hydrogen-bond acceptors (Lipinski definition) is 5. The Balaban J connectivity index is 1.53. The highest BCUT2D eigenvalue weighted by molar-refractivity contribution is 7.89. The van der Waals surface area contributed by atoms with E-state index in [0.717, 1.165) is 35.5 Å². The van der Waals surface area contributed by atoms with E-state index in [9.17, 15) is 13.2 Å². The van der Waals surface area contributed by atoms with E-state index in [-0.39, 0.29) is 21.9 Å². The van der Waals surface area contributed by atoms with E-state index in [4.69, 9.17) is 0 Å². The lowest BCUT2D eigenvalue weighted by molar-refractivity contribution is 0.566. The van der Waals surface area contributed by atoms with Crippen molar-refractivity contribution in [1.29, 1.82) is 0 Å². The molecule has 0 spiro atoms. The molecule has 166 valence electrons. The molecule has 1 N–H and O–H groups in total. The fraction of sp³-hybridized carbons (Fsp3) is 0.435. The number of nitrogens with one attached hydrogen (secondary N) is 1. The van der Waals surface area contributed by atoms with Gasteiger partial charge in [-0.05, 0) is 75.9 Å². The second kappa shape index (κ2) is 8.76. The molecule has 0 saturated carbocycles. The van der Waals surface area contributed by atoms with Gasteiger partial charge >= 0.3 is 4.87 Å². The first-order valence-electron chi connectivity index (χ1n) is 10.8. The van der Waals surface area contributed by atoms with Gasteiger partial charge in [-0.2, -0.15) is 0 Å². The largest absolute Gasteiger partial charge is 0.372 e. The fourth-order valence-corrected chi connectivity index (χ4v) is 6.55. The lowest BCUT2D eigenvalue weighted by Gasteiger charge is -2.29. The third-order valence-corrected chi connectivity index (χ3v) is 8.31. The van der Waals surface area contributed by atoms with Crippen molar-refractivity contribution >= 4 is 37.3 Å². The van der Waals surface area contributed by atoms with Crippen LogP contribution in [0.5, 0.6) is 0 Å².